The molecule has 10 heteroatoms. The average molecular weight is 290 g/mol. The van der Waals surface area contributed by atoms with Gasteiger partial charge in [-0.15, -0.1) is 0 Å². The van der Waals surface area contributed by atoms with Gasteiger partial charge >= 0.3 is 18.1 Å². The topological polar surface area (TPSA) is 95.4 Å². The molecule has 0 fully saturated rings. The van der Waals surface area contributed by atoms with E-state index in [2.05, 4.69) is 23.5 Å². The molecule has 0 radical (unpaired) electrons. The number of aromatic nitrogens is 2. The second-order valence-electron chi connectivity index (χ2n) is 3.47. The van der Waals surface area contributed by atoms with Crippen molar-refractivity contribution in [3.05, 3.63) is 36.2 Å². The molecule has 2 aromatic rings. The van der Waals surface area contributed by atoms with Crippen LogP contribution < -0.4 is 0 Å². The molecule has 0 amide bonds. The number of alkyl halides is 3. The van der Waals surface area contributed by atoms with Gasteiger partial charge < -0.3 is 13.6 Å². The van der Waals surface area contributed by atoms with E-state index >= 15 is 0 Å². The van der Waals surface area contributed by atoms with Gasteiger partial charge in [0.25, 0.3) is 0 Å². The van der Waals surface area contributed by atoms with Crippen LogP contribution in [0.25, 0.3) is 0 Å². The minimum absolute atomic E-state index is 0.266. The van der Waals surface area contributed by atoms with Crippen LogP contribution in [0.5, 0.6) is 0 Å². The van der Waals surface area contributed by atoms with Crippen molar-refractivity contribution in [3.63, 3.8) is 0 Å². The highest BCUT2D eigenvalue weighted by atomic mass is 19.4. The molecular weight excluding hydrogens is 285 g/mol. The van der Waals surface area contributed by atoms with Crippen LogP contribution in [0.2, 0.25) is 0 Å². The van der Waals surface area contributed by atoms with E-state index in [1.54, 1.807) is 0 Å². The van der Waals surface area contributed by atoms with Gasteiger partial charge in [-0.3, -0.25) is 0 Å². The molecule has 2 heterocycles. The van der Waals surface area contributed by atoms with Gasteiger partial charge in [-0.1, -0.05) is 0 Å². The number of carbonyl (C=O) groups is 2. The molecule has 0 saturated carbocycles. The lowest BCUT2D eigenvalue weighted by Gasteiger charge is -2.00. The Bertz CT molecular complexity index is 617. The van der Waals surface area contributed by atoms with E-state index in [0.29, 0.717) is 6.26 Å². The van der Waals surface area contributed by atoms with Gasteiger partial charge in [-0.25, -0.2) is 19.6 Å². The summed E-state index contributed by atoms with van der Waals surface area (Å²) < 4.78 is 49.5. The maximum atomic E-state index is 12.1. The number of halogens is 3. The van der Waals surface area contributed by atoms with Gasteiger partial charge in [0.05, 0.1) is 0 Å². The molecule has 0 N–H and O–H groups in total. The molecule has 0 aliphatic carbocycles. The van der Waals surface area contributed by atoms with Crippen LogP contribution in [0.15, 0.2) is 27.8 Å². The van der Waals surface area contributed by atoms with Crippen LogP contribution in [0.1, 0.15) is 26.9 Å². The Hall–Kier alpha value is -2.65. The van der Waals surface area contributed by atoms with Gasteiger partial charge in [0.2, 0.25) is 5.89 Å². The Morgan fingerprint density at radius 1 is 1.20 bits per heavy atom. The van der Waals surface area contributed by atoms with Crippen LogP contribution in [-0.4, -0.2) is 28.1 Å². The van der Waals surface area contributed by atoms with Crippen molar-refractivity contribution < 1.29 is 36.3 Å². The van der Waals surface area contributed by atoms with E-state index < -0.39 is 36.1 Å². The largest absolute Gasteiger partial charge is 0.451 e. The van der Waals surface area contributed by atoms with E-state index in [4.69, 9.17) is 0 Å². The van der Waals surface area contributed by atoms with E-state index in [1.165, 1.54) is 0 Å². The number of ether oxygens (including phenoxy) is 1. The van der Waals surface area contributed by atoms with Crippen LogP contribution in [0, 0.1) is 0 Å². The van der Waals surface area contributed by atoms with Gasteiger partial charge in [0, 0.05) is 0 Å². The zero-order valence-electron chi connectivity index (χ0n) is 9.51. The minimum atomic E-state index is -4.53. The standard InChI is InChI=1S/C10H5F3N2O5/c11-10(12,13)1-7-15-6(3-19-7)9(17)20-8(16)5-2-18-4-14-5/h2-4H,1H2. The first-order valence-electron chi connectivity index (χ1n) is 5.01. The molecule has 2 aromatic heterocycles. The van der Waals surface area contributed by atoms with Crippen molar-refractivity contribution in [1.29, 1.82) is 0 Å². The van der Waals surface area contributed by atoms with Crippen LogP contribution >= 0.6 is 0 Å². The summed E-state index contributed by atoms with van der Waals surface area (Å²) in [7, 11) is 0. The number of hydrogen-bond donors (Lipinski definition) is 0. The Kier molecular flexibility index (Phi) is 3.55. The van der Waals surface area contributed by atoms with Crippen molar-refractivity contribution in [1.82, 2.24) is 9.97 Å². The number of nitrogens with zero attached hydrogens (tertiary/aromatic N) is 2. The van der Waals surface area contributed by atoms with E-state index in [1.807, 2.05) is 0 Å². The molecule has 2 rings (SSSR count). The number of rotatable bonds is 3. The third kappa shape index (κ3) is 3.43. The molecule has 0 aliphatic rings. The monoisotopic (exact) mass is 290 g/mol. The first kappa shape index (κ1) is 13.8. The second kappa shape index (κ2) is 5.15. The predicted molar refractivity (Wildman–Crippen MR) is 52.5 cm³/mol. The minimum Gasteiger partial charge on any atom is -0.451 e. The lowest BCUT2D eigenvalue weighted by molar-refractivity contribution is -0.130. The van der Waals surface area contributed by atoms with E-state index in [-0.39, 0.29) is 5.69 Å². The lowest BCUT2D eigenvalue weighted by Crippen LogP contribution is -2.14. The summed E-state index contributed by atoms with van der Waals surface area (Å²) in [5.41, 5.74) is -0.821. The smallest absolute Gasteiger partial charge is 0.397 e. The van der Waals surface area contributed by atoms with Gasteiger partial charge in [-0.2, -0.15) is 13.2 Å². The summed E-state index contributed by atoms with van der Waals surface area (Å²) in [5, 5.41) is 0. The lowest BCUT2D eigenvalue weighted by atomic mass is 10.4. The molecule has 0 bridgehead atoms. The van der Waals surface area contributed by atoms with Crippen molar-refractivity contribution >= 4 is 11.9 Å². The molecular formula is C10H5F3N2O5. The Morgan fingerprint density at radius 3 is 2.50 bits per heavy atom. The van der Waals surface area contributed by atoms with Gasteiger partial charge in [0.1, 0.15) is 18.9 Å². The Labute approximate surface area is 108 Å². The van der Waals surface area contributed by atoms with Crippen molar-refractivity contribution in [2.75, 3.05) is 0 Å². The Morgan fingerprint density at radius 2 is 1.90 bits per heavy atom. The van der Waals surface area contributed by atoms with E-state index in [0.717, 1.165) is 12.7 Å². The summed E-state index contributed by atoms with van der Waals surface area (Å²) in [6.45, 7) is 0. The molecule has 0 aromatic carbocycles. The fraction of sp³-hybridized carbons (Fsp3) is 0.200. The van der Waals surface area contributed by atoms with Crippen molar-refractivity contribution in [3.8, 4) is 0 Å². The summed E-state index contributed by atoms with van der Waals surface area (Å²) in [4.78, 5) is 29.4. The van der Waals surface area contributed by atoms with Crippen molar-refractivity contribution in [2.24, 2.45) is 0 Å². The zero-order valence-corrected chi connectivity index (χ0v) is 9.51. The van der Waals surface area contributed by atoms with Crippen LogP contribution in [0.4, 0.5) is 13.2 Å². The molecule has 0 atom stereocenters. The number of oxazole rings is 2. The van der Waals surface area contributed by atoms with Crippen LogP contribution in [-0.2, 0) is 11.2 Å². The Balaban J connectivity index is 2.01. The first-order valence-corrected chi connectivity index (χ1v) is 5.01. The normalized spacial score (nSPS) is 11.3. The second-order valence-corrected chi connectivity index (χ2v) is 3.47. The fourth-order valence-corrected chi connectivity index (χ4v) is 1.16. The third-order valence-electron chi connectivity index (χ3n) is 1.94. The molecule has 0 saturated heterocycles. The zero-order chi connectivity index (χ0) is 14.8. The number of carbonyl (C=O) groups excluding carboxylic acids is 2. The predicted octanol–water partition coefficient (Wildman–Crippen LogP) is 1.76. The fourth-order valence-electron chi connectivity index (χ4n) is 1.16. The maximum absolute atomic E-state index is 12.1. The molecule has 0 unspecified atom stereocenters. The summed E-state index contributed by atoms with van der Waals surface area (Å²) >= 11 is 0. The quantitative estimate of drug-likeness (QED) is 0.627. The van der Waals surface area contributed by atoms with Gasteiger partial charge in [-0.05, 0) is 0 Å². The highest BCUT2D eigenvalue weighted by Crippen LogP contribution is 2.20. The van der Waals surface area contributed by atoms with Crippen molar-refractivity contribution in [2.45, 2.75) is 12.6 Å². The maximum Gasteiger partial charge on any atom is 0.397 e. The van der Waals surface area contributed by atoms with Crippen LogP contribution in [0.3, 0.4) is 0 Å². The molecule has 0 spiro atoms. The average Bonchev–Trinajstić information content (AvgIpc) is 2.96. The number of hydrogen-bond acceptors (Lipinski definition) is 7. The first-order chi connectivity index (χ1) is 9.35. The molecule has 20 heavy (non-hydrogen) atoms. The summed E-state index contributed by atoms with van der Waals surface area (Å²) in [5.74, 6) is -3.09. The SMILES string of the molecule is O=C(OC(=O)c1coc(CC(F)(F)F)n1)c1cocn1. The highest BCUT2D eigenvalue weighted by Gasteiger charge is 2.31. The third-order valence-corrected chi connectivity index (χ3v) is 1.94. The summed E-state index contributed by atoms with van der Waals surface area (Å²) in [6, 6.07) is 0. The van der Waals surface area contributed by atoms with Gasteiger partial charge in [0.15, 0.2) is 17.8 Å². The number of esters is 2. The molecule has 7 nitrogen and oxygen atoms in total. The summed E-state index contributed by atoms with van der Waals surface area (Å²) in [6.07, 6.45) is -3.41. The van der Waals surface area contributed by atoms with E-state index in [9.17, 15) is 22.8 Å². The molecule has 106 valence electrons. The molecule has 0 aliphatic heterocycles. The highest BCUT2D eigenvalue weighted by molar-refractivity contribution is 6.00.